The molecule has 0 saturated carbocycles. The fourth-order valence-electron chi connectivity index (χ4n) is 2.77. The fraction of sp³-hybridized carbons (Fsp3) is 0.647. The van der Waals surface area contributed by atoms with E-state index in [1.807, 2.05) is 24.3 Å². The summed E-state index contributed by atoms with van der Waals surface area (Å²) in [5.74, 6) is 0.805. The standard InChI is InChI=1S/C17H29N3O/c1-3-15(2)20-12-10-19(11-13-20)9-6-14-21-17-8-5-4-7-16(17)18/h4-5,7-8,15H,3,6,9-14,18H2,1-2H3. The van der Waals surface area contributed by atoms with Crippen molar-refractivity contribution in [3.8, 4) is 5.75 Å². The molecule has 1 aromatic rings. The van der Waals surface area contributed by atoms with Crippen LogP contribution < -0.4 is 10.5 Å². The summed E-state index contributed by atoms with van der Waals surface area (Å²) >= 11 is 0. The third-order valence-electron chi connectivity index (χ3n) is 4.42. The van der Waals surface area contributed by atoms with Gasteiger partial charge in [0.05, 0.1) is 12.3 Å². The van der Waals surface area contributed by atoms with Crippen LogP contribution in [0.5, 0.6) is 5.75 Å². The second kappa shape index (κ2) is 8.25. The highest BCUT2D eigenvalue weighted by atomic mass is 16.5. The third kappa shape index (κ3) is 4.90. The Morgan fingerprint density at radius 2 is 1.90 bits per heavy atom. The summed E-state index contributed by atoms with van der Waals surface area (Å²) in [5, 5.41) is 0. The smallest absolute Gasteiger partial charge is 0.142 e. The molecule has 1 saturated heterocycles. The van der Waals surface area contributed by atoms with Gasteiger partial charge in [0.25, 0.3) is 0 Å². The maximum absolute atomic E-state index is 5.86. The first kappa shape index (κ1) is 16.1. The molecule has 1 atom stereocenters. The average molecular weight is 291 g/mol. The Labute approximate surface area is 128 Å². The summed E-state index contributed by atoms with van der Waals surface area (Å²) in [6, 6.07) is 8.42. The fourth-order valence-corrected chi connectivity index (χ4v) is 2.77. The van der Waals surface area contributed by atoms with Crippen LogP contribution in [0, 0.1) is 0 Å². The zero-order valence-electron chi connectivity index (χ0n) is 13.4. The van der Waals surface area contributed by atoms with Crippen LogP contribution in [0.3, 0.4) is 0 Å². The number of piperazine rings is 1. The molecule has 1 aliphatic rings. The summed E-state index contributed by atoms with van der Waals surface area (Å²) in [6.45, 7) is 11.2. The van der Waals surface area contributed by atoms with Crippen molar-refractivity contribution in [2.45, 2.75) is 32.7 Å². The lowest BCUT2D eigenvalue weighted by molar-refractivity contribution is 0.0967. The number of para-hydroxylation sites is 2. The largest absolute Gasteiger partial charge is 0.491 e. The van der Waals surface area contributed by atoms with Crippen LogP contribution >= 0.6 is 0 Å². The maximum atomic E-state index is 5.86. The summed E-state index contributed by atoms with van der Waals surface area (Å²) in [5.41, 5.74) is 6.58. The minimum atomic E-state index is 0.719. The quantitative estimate of drug-likeness (QED) is 0.619. The van der Waals surface area contributed by atoms with Crippen LogP contribution in [0.25, 0.3) is 0 Å². The minimum absolute atomic E-state index is 0.719. The van der Waals surface area contributed by atoms with E-state index in [9.17, 15) is 0 Å². The van der Waals surface area contributed by atoms with Gasteiger partial charge in [-0.3, -0.25) is 4.90 Å². The molecule has 4 nitrogen and oxygen atoms in total. The Balaban J connectivity index is 1.61. The predicted octanol–water partition coefficient (Wildman–Crippen LogP) is 2.45. The Bertz CT molecular complexity index is 416. The Morgan fingerprint density at radius 3 is 2.57 bits per heavy atom. The zero-order valence-corrected chi connectivity index (χ0v) is 13.4. The Hall–Kier alpha value is -1.26. The first-order valence-corrected chi connectivity index (χ1v) is 8.14. The number of hydrogen-bond acceptors (Lipinski definition) is 4. The highest BCUT2D eigenvalue weighted by molar-refractivity contribution is 5.51. The van der Waals surface area contributed by atoms with E-state index in [1.165, 1.54) is 32.6 Å². The van der Waals surface area contributed by atoms with Gasteiger partial charge in [0.2, 0.25) is 0 Å². The van der Waals surface area contributed by atoms with Crippen LogP contribution in [0.15, 0.2) is 24.3 Å². The van der Waals surface area contributed by atoms with E-state index in [2.05, 4.69) is 23.6 Å². The summed E-state index contributed by atoms with van der Waals surface area (Å²) in [4.78, 5) is 5.13. The Morgan fingerprint density at radius 1 is 1.19 bits per heavy atom. The molecule has 1 aromatic carbocycles. The van der Waals surface area contributed by atoms with Gasteiger partial charge in [-0.25, -0.2) is 0 Å². The Kier molecular flexibility index (Phi) is 6.33. The van der Waals surface area contributed by atoms with Crippen LogP contribution in [0.4, 0.5) is 5.69 Å². The number of nitrogen functional groups attached to an aromatic ring is 1. The number of anilines is 1. The predicted molar refractivity (Wildman–Crippen MR) is 88.7 cm³/mol. The molecule has 2 rings (SSSR count). The van der Waals surface area contributed by atoms with Crippen molar-refractivity contribution in [3.05, 3.63) is 24.3 Å². The molecular formula is C17H29N3O. The highest BCUT2D eigenvalue weighted by Gasteiger charge is 2.19. The molecule has 1 heterocycles. The summed E-state index contributed by atoms with van der Waals surface area (Å²) < 4.78 is 5.74. The van der Waals surface area contributed by atoms with Gasteiger partial charge in [0.1, 0.15) is 5.75 Å². The lowest BCUT2D eigenvalue weighted by atomic mass is 10.2. The molecule has 0 bridgehead atoms. The number of benzene rings is 1. The molecule has 1 fully saturated rings. The van der Waals surface area contributed by atoms with E-state index in [4.69, 9.17) is 10.5 Å². The normalized spacial score (nSPS) is 18.6. The molecular weight excluding hydrogens is 262 g/mol. The van der Waals surface area contributed by atoms with E-state index in [0.717, 1.165) is 37.1 Å². The number of nitrogens with two attached hydrogens (primary N) is 1. The van der Waals surface area contributed by atoms with E-state index in [0.29, 0.717) is 0 Å². The molecule has 2 N–H and O–H groups in total. The molecule has 21 heavy (non-hydrogen) atoms. The first-order valence-electron chi connectivity index (χ1n) is 8.14. The molecule has 0 amide bonds. The monoisotopic (exact) mass is 291 g/mol. The van der Waals surface area contributed by atoms with E-state index in [-0.39, 0.29) is 0 Å². The average Bonchev–Trinajstić information content (AvgIpc) is 2.53. The molecule has 4 heteroatoms. The zero-order chi connectivity index (χ0) is 15.1. The lowest BCUT2D eigenvalue weighted by Crippen LogP contribution is -2.49. The second-order valence-electron chi connectivity index (χ2n) is 5.87. The number of ether oxygens (including phenoxy) is 1. The maximum Gasteiger partial charge on any atom is 0.142 e. The van der Waals surface area contributed by atoms with Gasteiger partial charge in [-0.15, -0.1) is 0 Å². The molecule has 118 valence electrons. The van der Waals surface area contributed by atoms with Crippen molar-refractivity contribution in [3.63, 3.8) is 0 Å². The molecule has 0 aliphatic carbocycles. The van der Waals surface area contributed by atoms with Crippen molar-refractivity contribution in [1.29, 1.82) is 0 Å². The molecule has 1 unspecified atom stereocenters. The van der Waals surface area contributed by atoms with E-state index in [1.54, 1.807) is 0 Å². The SMILES string of the molecule is CCC(C)N1CCN(CCCOc2ccccc2N)CC1. The van der Waals surface area contributed by atoms with Crippen molar-refractivity contribution < 1.29 is 4.74 Å². The first-order chi connectivity index (χ1) is 10.2. The molecule has 0 spiro atoms. The second-order valence-corrected chi connectivity index (χ2v) is 5.87. The van der Waals surface area contributed by atoms with Crippen LogP contribution in [-0.2, 0) is 0 Å². The topological polar surface area (TPSA) is 41.7 Å². The lowest BCUT2D eigenvalue weighted by Gasteiger charge is -2.37. The third-order valence-corrected chi connectivity index (χ3v) is 4.42. The van der Waals surface area contributed by atoms with Gasteiger partial charge in [-0.05, 0) is 31.9 Å². The van der Waals surface area contributed by atoms with Gasteiger partial charge in [-0.1, -0.05) is 19.1 Å². The van der Waals surface area contributed by atoms with Crippen molar-refractivity contribution in [1.82, 2.24) is 9.80 Å². The van der Waals surface area contributed by atoms with Gasteiger partial charge in [-0.2, -0.15) is 0 Å². The van der Waals surface area contributed by atoms with Crippen LogP contribution in [-0.4, -0.2) is 55.2 Å². The van der Waals surface area contributed by atoms with Crippen LogP contribution in [0.2, 0.25) is 0 Å². The molecule has 0 radical (unpaired) electrons. The number of nitrogens with zero attached hydrogens (tertiary/aromatic N) is 2. The van der Waals surface area contributed by atoms with Gasteiger partial charge < -0.3 is 15.4 Å². The number of rotatable bonds is 7. The minimum Gasteiger partial charge on any atom is -0.491 e. The molecule has 0 aromatic heterocycles. The highest BCUT2D eigenvalue weighted by Crippen LogP contribution is 2.19. The molecule has 1 aliphatic heterocycles. The van der Waals surface area contributed by atoms with Gasteiger partial charge in [0, 0.05) is 38.8 Å². The van der Waals surface area contributed by atoms with E-state index >= 15 is 0 Å². The van der Waals surface area contributed by atoms with Crippen molar-refractivity contribution in [2.75, 3.05) is 45.1 Å². The van der Waals surface area contributed by atoms with Crippen molar-refractivity contribution in [2.24, 2.45) is 0 Å². The van der Waals surface area contributed by atoms with Crippen LogP contribution in [0.1, 0.15) is 26.7 Å². The summed E-state index contributed by atoms with van der Waals surface area (Å²) in [7, 11) is 0. The van der Waals surface area contributed by atoms with Crippen molar-refractivity contribution >= 4 is 5.69 Å². The van der Waals surface area contributed by atoms with E-state index < -0.39 is 0 Å². The van der Waals surface area contributed by atoms with Gasteiger partial charge in [0.15, 0.2) is 0 Å². The van der Waals surface area contributed by atoms with Gasteiger partial charge >= 0.3 is 0 Å². The summed E-state index contributed by atoms with van der Waals surface area (Å²) in [6.07, 6.45) is 2.30. The number of hydrogen-bond donors (Lipinski definition) is 1.